The molecule has 76 valence electrons. The summed E-state index contributed by atoms with van der Waals surface area (Å²) in [5.41, 5.74) is 0.842. The van der Waals surface area contributed by atoms with Crippen LogP contribution in [0.2, 0.25) is 5.02 Å². The Morgan fingerprint density at radius 2 is 2.50 bits per heavy atom. The van der Waals surface area contributed by atoms with Gasteiger partial charge in [0, 0.05) is 18.9 Å². The molecule has 0 radical (unpaired) electrons. The van der Waals surface area contributed by atoms with E-state index < -0.39 is 12.0 Å². The zero-order valence-electron chi connectivity index (χ0n) is 7.70. The van der Waals surface area contributed by atoms with E-state index in [4.69, 9.17) is 16.7 Å². The summed E-state index contributed by atoms with van der Waals surface area (Å²) in [5, 5.41) is 12.0. The number of halogens is 1. The van der Waals surface area contributed by atoms with Crippen molar-refractivity contribution in [3.63, 3.8) is 0 Å². The lowest BCUT2D eigenvalue weighted by Crippen LogP contribution is -2.33. The normalized spacial score (nSPS) is 12.4. The van der Waals surface area contributed by atoms with Crippen molar-refractivity contribution in [1.82, 2.24) is 10.3 Å². The lowest BCUT2D eigenvalue weighted by molar-refractivity contribution is -0.139. The summed E-state index contributed by atoms with van der Waals surface area (Å²) in [4.78, 5) is 14.3. The van der Waals surface area contributed by atoms with Crippen LogP contribution in [-0.4, -0.2) is 22.1 Å². The number of pyridine rings is 1. The molecule has 5 heteroatoms. The van der Waals surface area contributed by atoms with Gasteiger partial charge in [0.25, 0.3) is 0 Å². The molecule has 0 saturated heterocycles. The molecule has 2 N–H and O–H groups in total. The van der Waals surface area contributed by atoms with Crippen molar-refractivity contribution in [2.45, 2.75) is 19.5 Å². The number of nitrogens with zero attached hydrogens (tertiary/aromatic N) is 1. The monoisotopic (exact) mass is 214 g/mol. The number of aromatic nitrogens is 1. The van der Waals surface area contributed by atoms with Gasteiger partial charge >= 0.3 is 5.97 Å². The number of nitrogens with one attached hydrogen (secondary N) is 1. The Bertz CT molecular complexity index is 330. The van der Waals surface area contributed by atoms with E-state index in [0.717, 1.165) is 5.56 Å². The van der Waals surface area contributed by atoms with E-state index >= 15 is 0 Å². The molecule has 1 aromatic heterocycles. The van der Waals surface area contributed by atoms with E-state index in [9.17, 15) is 4.79 Å². The van der Waals surface area contributed by atoms with Gasteiger partial charge in [-0.1, -0.05) is 11.6 Å². The Hall–Kier alpha value is -1.13. The summed E-state index contributed by atoms with van der Waals surface area (Å²) >= 11 is 5.84. The highest BCUT2D eigenvalue weighted by atomic mass is 35.5. The molecule has 1 aromatic rings. The quantitative estimate of drug-likeness (QED) is 0.793. The van der Waals surface area contributed by atoms with Gasteiger partial charge in [0.05, 0.1) is 5.02 Å². The maximum Gasteiger partial charge on any atom is 0.320 e. The van der Waals surface area contributed by atoms with Crippen molar-refractivity contribution < 1.29 is 9.90 Å². The average Bonchev–Trinajstić information content (AvgIpc) is 2.16. The molecule has 14 heavy (non-hydrogen) atoms. The van der Waals surface area contributed by atoms with Gasteiger partial charge in [0.1, 0.15) is 6.04 Å². The molecule has 0 fully saturated rings. The molecule has 4 nitrogen and oxygen atoms in total. The highest BCUT2D eigenvalue weighted by Crippen LogP contribution is 2.12. The number of carboxylic acids is 1. The minimum absolute atomic E-state index is 0.425. The summed E-state index contributed by atoms with van der Waals surface area (Å²) in [6, 6.07) is 1.17. The molecule has 0 amide bonds. The van der Waals surface area contributed by atoms with Crippen molar-refractivity contribution in [3.8, 4) is 0 Å². The van der Waals surface area contributed by atoms with Gasteiger partial charge in [-0.05, 0) is 18.6 Å². The summed E-state index contributed by atoms with van der Waals surface area (Å²) in [5.74, 6) is -0.879. The Balaban J connectivity index is 2.54. The molecule has 1 rings (SSSR count). The zero-order chi connectivity index (χ0) is 10.6. The van der Waals surface area contributed by atoms with Crippen molar-refractivity contribution in [3.05, 3.63) is 29.0 Å². The second-order valence-corrected chi connectivity index (χ2v) is 3.32. The molecule has 1 atom stereocenters. The van der Waals surface area contributed by atoms with Crippen LogP contribution in [0.4, 0.5) is 0 Å². The number of hydrogen-bond acceptors (Lipinski definition) is 3. The Morgan fingerprint density at radius 3 is 3.07 bits per heavy atom. The Morgan fingerprint density at radius 1 is 1.79 bits per heavy atom. The first-order valence-corrected chi connectivity index (χ1v) is 4.53. The minimum Gasteiger partial charge on any atom is -0.480 e. The van der Waals surface area contributed by atoms with Gasteiger partial charge < -0.3 is 10.4 Å². The first kappa shape index (κ1) is 10.9. The fourth-order valence-corrected chi connectivity index (χ4v) is 1.08. The van der Waals surface area contributed by atoms with Gasteiger partial charge in [0.15, 0.2) is 0 Å². The highest BCUT2D eigenvalue weighted by molar-refractivity contribution is 6.31. The summed E-state index contributed by atoms with van der Waals surface area (Å²) in [7, 11) is 0. The second-order valence-electron chi connectivity index (χ2n) is 2.91. The average molecular weight is 215 g/mol. The van der Waals surface area contributed by atoms with Crippen LogP contribution < -0.4 is 5.32 Å². The molecule has 1 heterocycles. The van der Waals surface area contributed by atoms with Crippen molar-refractivity contribution in [2.75, 3.05) is 0 Å². The van der Waals surface area contributed by atoms with Gasteiger partial charge in [-0.25, -0.2) is 0 Å². The topological polar surface area (TPSA) is 62.2 Å². The molecule has 0 saturated carbocycles. The minimum atomic E-state index is -0.879. The summed E-state index contributed by atoms with van der Waals surface area (Å²) in [6.07, 6.45) is 3.15. The SMILES string of the molecule is CC(NCc1ccncc1Cl)C(=O)O. The Kier molecular flexibility index (Phi) is 3.85. The van der Waals surface area contributed by atoms with Crippen LogP contribution in [0.15, 0.2) is 18.5 Å². The molecule has 1 unspecified atom stereocenters. The number of aliphatic carboxylic acids is 1. The molecule has 0 aliphatic heterocycles. The fraction of sp³-hybridized carbons (Fsp3) is 0.333. The molecule has 0 aliphatic carbocycles. The molecule has 0 spiro atoms. The van der Waals surface area contributed by atoms with Crippen LogP contribution in [0, 0.1) is 0 Å². The second kappa shape index (κ2) is 4.93. The molecule has 0 bridgehead atoms. The standard InChI is InChI=1S/C9H11ClN2O2/c1-6(9(13)14)12-4-7-2-3-11-5-8(7)10/h2-3,5-6,12H,4H2,1H3,(H,13,14). The third kappa shape index (κ3) is 2.97. The van der Waals surface area contributed by atoms with Gasteiger partial charge in [-0.3, -0.25) is 9.78 Å². The lowest BCUT2D eigenvalue weighted by atomic mass is 10.2. The number of rotatable bonds is 4. The van der Waals surface area contributed by atoms with Crippen LogP contribution in [0.3, 0.4) is 0 Å². The van der Waals surface area contributed by atoms with Crippen molar-refractivity contribution in [1.29, 1.82) is 0 Å². The first-order valence-electron chi connectivity index (χ1n) is 4.16. The van der Waals surface area contributed by atoms with E-state index in [1.807, 2.05) is 0 Å². The third-order valence-corrected chi connectivity index (χ3v) is 2.17. The van der Waals surface area contributed by atoms with Crippen molar-refractivity contribution >= 4 is 17.6 Å². The molecular weight excluding hydrogens is 204 g/mol. The number of hydrogen-bond donors (Lipinski definition) is 2. The number of carbonyl (C=O) groups is 1. The lowest BCUT2D eigenvalue weighted by Gasteiger charge is -2.09. The number of carboxylic acid groups (broad SMARTS) is 1. The van der Waals surface area contributed by atoms with Crippen LogP contribution in [0.1, 0.15) is 12.5 Å². The predicted molar refractivity (Wildman–Crippen MR) is 53.2 cm³/mol. The van der Waals surface area contributed by atoms with Gasteiger partial charge in [-0.2, -0.15) is 0 Å². The van der Waals surface area contributed by atoms with E-state index in [2.05, 4.69) is 10.3 Å². The summed E-state index contributed by atoms with van der Waals surface area (Å²) in [6.45, 7) is 2.01. The van der Waals surface area contributed by atoms with Crippen LogP contribution in [-0.2, 0) is 11.3 Å². The molecule has 0 aliphatic rings. The van der Waals surface area contributed by atoms with Crippen LogP contribution in [0.25, 0.3) is 0 Å². The predicted octanol–water partition coefficient (Wildman–Crippen LogP) is 1.30. The van der Waals surface area contributed by atoms with Crippen LogP contribution >= 0.6 is 11.6 Å². The Labute approximate surface area is 86.9 Å². The largest absolute Gasteiger partial charge is 0.480 e. The van der Waals surface area contributed by atoms with E-state index in [0.29, 0.717) is 11.6 Å². The van der Waals surface area contributed by atoms with Gasteiger partial charge in [-0.15, -0.1) is 0 Å². The third-order valence-electron chi connectivity index (χ3n) is 1.83. The highest BCUT2D eigenvalue weighted by Gasteiger charge is 2.09. The molecular formula is C9H11ClN2O2. The maximum atomic E-state index is 10.5. The zero-order valence-corrected chi connectivity index (χ0v) is 8.45. The van der Waals surface area contributed by atoms with Crippen molar-refractivity contribution in [2.24, 2.45) is 0 Å². The first-order chi connectivity index (χ1) is 6.61. The van der Waals surface area contributed by atoms with Crippen LogP contribution in [0.5, 0.6) is 0 Å². The maximum absolute atomic E-state index is 10.5. The smallest absolute Gasteiger partial charge is 0.320 e. The molecule has 0 aromatic carbocycles. The van der Waals surface area contributed by atoms with Gasteiger partial charge in [0.2, 0.25) is 0 Å². The summed E-state index contributed by atoms with van der Waals surface area (Å²) < 4.78 is 0. The van der Waals surface area contributed by atoms with E-state index in [-0.39, 0.29) is 0 Å². The van der Waals surface area contributed by atoms with E-state index in [1.54, 1.807) is 19.2 Å². The van der Waals surface area contributed by atoms with E-state index in [1.165, 1.54) is 6.20 Å². The fourth-order valence-electron chi connectivity index (χ4n) is 0.898.